The number of carbonyl (C=O) groups is 1. The van der Waals surface area contributed by atoms with Gasteiger partial charge in [-0.1, -0.05) is 0 Å². The molecule has 0 fully saturated rings. The third-order valence-electron chi connectivity index (χ3n) is 2.56. The van der Waals surface area contributed by atoms with E-state index < -0.39 is 5.97 Å². The van der Waals surface area contributed by atoms with Gasteiger partial charge in [0.15, 0.2) is 0 Å². The molecule has 1 aromatic heterocycles. The van der Waals surface area contributed by atoms with Crippen molar-refractivity contribution in [2.75, 3.05) is 0 Å². The molecule has 0 saturated carbocycles. The van der Waals surface area contributed by atoms with Gasteiger partial charge in [-0.25, -0.2) is 0 Å². The number of hydrogen-bond donors (Lipinski definition) is 1. The highest BCUT2D eigenvalue weighted by molar-refractivity contribution is 5.67. The van der Waals surface area contributed by atoms with E-state index in [2.05, 4.69) is 11.2 Å². The van der Waals surface area contributed by atoms with Crippen molar-refractivity contribution in [3.05, 3.63) is 17.0 Å². The number of aromatic nitrogens is 2. The molecule has 0 aromatic carbocycles. The molecule has 1 rings (SSSR count). The average molecular weight is 221 g/mol. The zero-order chi connectivity index (χ0) is 12.1. The summed E-state index contributed by atoms with van der Waals surface area (Å²) in [5.41, 5.74) is 2.81. The Labute approximate surface area is 94.3 Å². The van der Waals surface area contributed by atoms with Crippen LogP contribution < -0.4 is 0 Å². The van der Waals surface area contributed by atoms with Crippen LogP contribution >= 0.6 is 0 Å². The van der Waals surface area contributed by atoms with Crippen LogP contribution in [0.15, 0.2) is 0 Å². The quantitative estimate of drug-likeness (QED) is 0.815. The number of carboxylic acid groups (broad SMARTS) is 1. The third kappa shape index (κ3) is 2.83. The van der Waals surface area contributed by atoms with Crippen molar-refractivity contribution < 1.29 is 9.90 Å². The monoisotopic (exact) mass is 221 g/mol. The van der Waals surface area contributed by atoms with Crippen molar-refractivity contribution in [1.82, 2.24) is 9.78 Å². The minimum atomic E-state index is -0.802. The molecule has 1 N–H and O–H groups in total. The molecule has 5 heteroatoms. The summed E-state index contributed by atoms with van der Waals surface area (Å²) in [6, 6.07) is 2.07. The van der Waals surface area contributed by atoms with Crippen LogP contribution in [0.2, 0.25) is 0 Å². The van der Waals surface area contributed by atoms with Crippen LogP contribution in [0.1, 0.15) is 29.8 Å². The van der Waals surface area contributed by atoms with Gasteiger partial charge in [0.1, 0.15) is 0 Å². The van der Waals surface area contributed by atoms with Gasteiger partial charge in [-0.05, 0) is 25.8 Å². The van der Waals surface area contributed by atoms with Crippen LogP contribution in [-0.2, 0) is 17.8 Å². The molecule has 0 atom stereocenters. The van der Waals surface area contributed by atoms with Crippen molar-refractivity contribution in [3.63, 3.8) is 0 Å². The first-order valence-corrected chi connectivity index (χ1v) is 5.18. The van der Waals surface area contributed by atoms with Gasteiger partial charge >= 0.3 is 5.97 Å². The predicted octanol–water partition coefficient (Wildman–Crippen LogP) is 1.43. The Morgan fingerprint density at radius 1 is 1.56 bits per heavy atom. The topological polar surface area (TPSA) is 78.9 Å². The Balaban J connectivity index is 2.81. The highest BCUT2D eigenvalue weighted by atomic mass is 16.4. The van der Waals surface area contributed by atoms with Crippen molar-refractivity contribution in [2.45, 2.75) is 39.7 Å². The van der Waals surface area contributed by atoms with Crippen molar-refractivity contribution in [2.24, 2.45) is 0 Å². The fourth-order valence-electron chi connectivity index (χ4n) is 1.70. The van der Waals surface area contributed by atoms with Gasteiger partial charge in [0.25, 0.3) is 0 Å². The zero-order valence-corrected chi connectivity index (χ0v) is 9.53. The largest absolute Gasteiger partial charge is 0.481 e. The second-order valence-corrected chi connectivity index (χ2v) is 3.67. The molecule has 86 valence electrons. The average Bonchev–Trinajstić information content (AvgIpc) is 2.48. The summed E-state index contributed by atoms with van der Waals surface area (Å²) in [6.45, 7) is 4.35. The first-order valence-electron chi connectivity index (χ1n) is 5.18. The number of aryl methyl sites for hydroxylation is 2. The van der Waals surface area contributed by atoms with Crippen LogP contribution in [0.3, 0.4) is 0 Å². The van der Waals surface area contributed by atoms with Crippen molar-refractivity contribution >= 4 is 5.97 Å². The van der Waals surface area contributed by atoms with Gasteiger partial charge in [-0.3, -0.25) is 9.48 Å². The first kappa shape index (κ1) is 12.2. The van der Waals surface area contributed by atoms with Crippen LogP contribution in [0.4, 0.5) is 0 Å². The number of hydrogen-bond acceptors (Lipinski definition) is 3. The third-order valence-corrected chi connectivity index (χ3v) is 2.56. The van der Waals surface area contributed by atoms with Crippen LogP contribution in [0.25, 0.3) is 0 Å². The summed E-state index contributed by atoms with van der Waals surface area (Å²) < 4.78 is 1.77. The Morgan fingerprint density at radius 2 is 2.25 bits per heavy atom. The van der Waals surface area contributed by atoms with Crippen LogP contribution in [-0.4, -0.2) is 20.9 Å². The van der Waals surface area contributed by atoms with E-state index in [1.165, 1.54) is 0 Å². The molecule has 0 spiro atoms. The number of nitrogens with zero attached hydrogens (tertiary/aromatic N) is 3. The lowest BCUT2D eigenvalue weighted by molar-refractivity contribution is -0.136. The van der Waals surface area contributed by atoms with Gasteiger partial charge in [0, 0.05) is 12.1 Å². The summed E-state index contributed by atoms with van der Waals surface area (Å²) in [5, 5.41) is 21.4. The fourth-order valence-corrected chi connectivity index (χ4v) is 1.70. The van der Waals surface area contributed by atoms with E-state index in [0.29, 0.717) is 19.4 Å². The van der Waals surface area contributed by atoms with Crippen molar-refractivity contribution in [1.29, 1.82) is 5.26 Å². The number of aliphatic carboxylic acids is 1. The fraction of sp³-hybridized carbons (Fsp3) is 0.545. The van der Waals surface area contributed by atoms with E-state index >= 15 is 0 Å². The van der Waals surface area contributed by atoms with Gasteiger partial charge in [-0.2, -0.15) is 10.4 Å². The molecule has 0 aliphatic carbocycles. The molecule has 0 aliphatic rings. The summed E-state index contributed by atoms with van der Waals surface area (Å²) in [4.78, 5) is 10.5. The highest BCUT2D eigenvalue weighted by Gasteiger charge is 2.12. The highest BCUT2D eigenvalue weighted by Crippen LogP contribution is 2.15. The molecule has 0 aliphatic heterocycles. The van der Waals surface area contributed by atoms with Crippen molar-refractivity contribution in [3.8, 4) is 6.07 Å². The summed E-state index contributed by atoms with van der Waals surface area (Å²) in [5.74, 6) is -0.802. The molecule has 1 aromatic rings. The smallest absolute Gasteiger partial charge is 0.303 e. The maximum absolute atomic E-state index is 10.5. The Hall–Kier alpha value is -1.83. The van der Waals surface area contributed by atoms with Crippen LogP contribution in [0, 0.1) is 25.2 Å². The number of rotatable bonds is 5. The predicted molar refractivity (Wildman–Crippen MR) is 57.9 cm³/mol. The van der Waals surface area contributed by atoms with Gasteiger partial charge in [0.2, 0.25) is 0 Å². The minimum Gasteiger partial charge on any atom is -0.481 e. The molecule has 0 radical (unpaired) electrons. The lowest BCUT2D eigenvalue weighted by Crippen LogP contribution is -2.03. The summed E-state index contributed by atoms with van der Waals surface area (Å²) >= 11 is 0. The maximum atomic E-state index is 10.5. The lowest BCUT2D eigenvalue weighted by Gasteiger charge is -2.01. The molecular weight excluding hydrogens is 206 g/mol. The van der Waals surface area contributed by atoms with E-state index in [4.69, 9.17) is 10.4 Å². The molecule has 16 heavy (non-hydrogen) atoms. The van der Waals surface area contributed by atoms with E-state index in [0.717, 1.165) is 17.0 Å². The molecule has 0 amide bonds. The summed E-state index contributed by atoms with van der Waals surface area (Å²) in [6.07, 6.45) is 1.03. The number of carboxylic acids is 1. The SMILES string of the molecule is Cc1nn(CCC#N)c(C)c1CCC(=O)O. The maximum Gasteiger partial charge on any atom is 0.303 e. The van der Waals surface area contributed by atoms with Crippen LogP contribution in [0.5, 0.6) is 0 Å². The molecule has 1 heterocycles. The standard InChI is InChI=1S/C11H15N3O2/c1-8-10(4-5-11(15)16)9(2)14(13-8)7-3-6-12/h3-5,7H2,1-2H3,(H,15,16). The molecule has 0 saturated heterocycles. The molecular formula is C11H15N3O2. The van der Waals surface area contributed by atoms with Gasteiger partial charge < -0.3 is 5.11 Å². The number of nitriles is 1. The lowest BCUT2D eigenvalue weighted by atomic mass is 10.1. The Kier molecular flexibility index (Phi) is 4.06. The molecule has 0 unspecified atom stereocenters. The first-order chi connectivity index (χ1) is 7.56. The van der Waals surface area contributed by atoms with E-state index in [1.807, 2.05) is 13.8 Å². The second-order valence-electron chi connectivity index (χ2n) is 3.67. The Bertz CT molecular complexity index is 429. The van der Waals surface area contributed by atoms with Gasteiger partial charge in [0.05, 0.1) is 24.7 Å². The van der Waals surface area contributed by atoms with E-state index in [1.54, 1.807) is 4.68 Å². The van der Waals surface area contributed by atoms with E-state index in [9.17, 15) is 4.79 Å². The normalized spacial score (nSPS) is 10.1. The molecule has 5 nitrogen and oxygen atoms in total. The Morgan fingerprint density at radius 3 is 2.81 bits per heavy atom. The van der Waals surface area contributed by atoms with E-state index in [-0.39, 0.29) is 6.42 Å². The van der Waals surface area contributed by atoms with Gasteiger partial charge in [-0.15, -0.1) is 0 Å². The minimum absolute atomic E-state index is 0.117. The molecule has 0 bridgehead atoms. The second kappa shape index (κ2) is 5.31. The summed E-state index contributed by atoms with van der Waals surface area (Å²) in [7, 11) is 0. The zero-order valence-electron chi connectivity index (χ0n) is 9.53.